The molecule has 22 heteroatoms. The zero-order chi connectivity index (χ0) is 27.7. The van der Waals surface area contributed by atoms with E-state index in [9.17, 15) is 92.6 Å². The van der Waals surface area contributed by atoms with Gasteiger partial charge in [-0.2, -0.15) is 83.4 Å². The summed E-state index contributed by atoms with van der Waals surface area (Å²) in [5.74, 6) is -73.6. The van der Waals surface area contributed by atoms with Crippen molar-refractivity contribution in [3.05, 3.63) is 0 Å². The highest BCUT2D eigenvalue weighted by Gasteiger charge is 2.97. The fourth-order valence-corrected chi connectivity index (χ4v) is 1.69. The summed E-state index contributed by atoms with van der Waals surface area (Å²) in [7, 11) is 0. The Morgan fingerprint density at radius 1 is 0.455 bits per heavy atom. The highest BCUT2D eigenvalue weighted by Crippen LogP contribution is 2.65. The molecule has 198 valence electrons. The molecule has 0 saturated heterocycles. The number of rotatable bonds is 9. The van der Waals surface area contributed by atoms with E-state index in [-0.39, 0.29) is 0 Å². The lowest BCUT2D eigenvalue weighted by molar-refractivity contribution is -0.469. The third-order valence-electron chi connectivity index (χ3n) is 3.68. The molecule has 0 aliphatic heterocycles. The molecule has 0 aromatic rings. The van der Waals surface area contributed by atoms with Gasteiger partial charge in [0, 0.05) is 0 Å². The van der Waals surface area contributed by atoms with Crippen LogP contribution in [0, 0.1) is 0 Å². The first-order valence-electron chi connectivity index (χ1n) is 6.81. The quantitative estimate of drug-likeness (QED) is 0.358. The third-order valence-corrected chi connectivity index (χ3v) is 3.68. The van der Waals surface area contributed by atoms with Gasteiger partial charge in [-0.3, -0.25) is 0 Å². The molecule has 1 atom stereocenters. The van der Waals surface area contributed by atoms with Crippen LogP contribution in [0.5, 0.6) is 0 Å². The Morgan fingerprint density at radius 3 is 0.879 bits per heavy atom. The summed E-state index contributed by atoms with van der Waals surface area (Å²) in [6, 6.07) is 0. The monoisotopic (exact) mass is 546 g/mol. The van der Waals surface area contributed by atoms with Crippen molar-refractivity contribution in [1.82, 2.24) is 0 Å². The van der Waals surface area contributed by atoms with E-state index in [0.29, 0.717) is 0 Å². The molecule has 0 saturated carbocycles. The maximum Gasteiger partial charge on any atom is 0.460 e. The number of alkyl halides is 20. The second-order valence-electron chi connectivity index (χ2n) is 5.84. The van der Waals surface area contributed by atoms with Gasteiger partial charge >= 0.3 is 59.5 Å². The van der Waals surface area contributed by atoms with Crippen molar-refractivity contribution >= 4 is 5.97 Å². The predicted octanol–water partition coefficient (Wildman–Crippen LogP) is 6.05. The molecular formula is C11H2F20O2. The fraction of sp³-hybridized carbons (Fsp3) is 0.909. The smallest absolute Gasteiger partial charge is 0.460 e. The van der Waals surface area contributed by atoms with Crippen LogP contribution >= 0.6 is 0 Å². The van der Waals surface area contributed by atoms with Crippen LogP contribution in [0.2, 0.25) is 0 Å². The van der Waals surface area contributed by atoms with Crippen molar-refractivity contribution in [2.75, 3.05) is 0 Å². The van der Waals surface area contributed by atoms with E-state index in [1.54, 1.807) is 0 Å². The molecule has 0 heterocycles. The zero-order valence-electron chi connectivity index (χ0n) is 14.0. The Kier molecular flexibility index (Phi) is 7.09. The van der Waals surface area contributed by atoms with E-state index >= 15 is 0 Å². The number of carbonyl (C=O) groups is 1. The lowest BCUT2D eigenvalue weighted by Crippen LogP contribution is -2.76. The molecule has 0 fully saturated rings. The first-order valence-corrected chi connectivity index (χ1v) is 6.81. The molecule has 0 aliphatic carbocycles. The van der Waals surface area contributed by atoms with Crippen LogP contribution in [0.3, 0.4) is 0 Å². The molecule has 2 nitrogen and oxygen atoms in total. The summed E-state index contributed by atoms with van der Waals surface area (Å²) in [5, 5.41) is 7.73. The Hall–Kier alpha value is -1.93. The van der Waals surface area contributed by atoms with Crippen molar-refractivity contribution in [2.45, 2.75) is 59.7 Å². The van der Waals surface area contributed by atoms with E-state index in [1.165, 1.54) is 0 Å². The average Bonchev–Trinajstić information content (AvgIpc) is 2.58. The van der Waals surface area contributed by atoms with Crippen LogP contribution in [-0.4, -0.2) is 70.8 Å². The van der Waals surface area contributed by atoms with Gasteiger partial charge in [-0.15, -0.1) is 0 Å². The lowest BCUT2D eigenvalue weighted by atomic mass is 9.86. The van der Waals surface area contributed by atoms with Crippen molar-refractivity contribution in [3.63, 3.8) is 0 Å². The molecule has 0 spiro atoms. The molecule has 0 aromatic heterocycles. The largest absolute Gasteiger partial charge is 0.479 e. The van der Waals surface area contributed by atoms with E-state index in [1.807, 2.05) is 0 Å². The standard InChI is InChI=1S/C11H2F20O2/c12-1(2(32)33)3(13,14)4(15,16)5(17,18)6(19,20)7(21,22)8(23,24)9(25,26)10(27,28)11(29,30)31/h1H,(H,32,33). The highest BCUT2D eigenvalue weighted by atomic mass is 19.4. The van der Waals surface area contributed by atoms with Gasteiger partial charge in [0.25, 0.3) is 6.17 Å². The Labute approximate surface area is 165 Å². The second kappa shape index (κ2) is 7.54. The van der Waals surface area contributed by atoms with Crippen LogP contribution in [0.1, 0.15) is 0 Å². The van der Waals surface area contributed by atoms with Gasteiger partial charge in [0.05, 0.1) is 0 Å². The van der Waals surface area contributed by atoms with E-state index in [4.69, 9.17) is 5.11 Å². The molecule has 0 aromatic carbocycles. The van der Waals surface area contributed by atoms with Gasteiger partial charge in [0.15, 0.2) is 0 Å². The topological polar surface area (TPSA) is 37.3 Å². The Bertz CT molecular complexity index is 748. The van der Waals surface area contributed by atoms with Crippen molar-refractivity contribution < 1.29 is 97.7 Å². The lowest BCUT2D eigenvalue weighted by Gasteiger charge is -2.43. The van der Waals surface area contributed by atoms with Crippen LogP contribution in [0.15, 0.2) is 0 Å². The number of hydrogen-bond donors (Lipinski definition) is 1. The SMILES string of the molecule is O=C(O)C(F)C(F)(F)C(F)(F)C(F)(F)C(F)(F)C(F)(F)C(F)(F)C(F)(F)C(F)(F)C(F)(F)F. The van der Waals surface area contributed by atoms with Crippen LogP contribution in [0.25, 0.3) is 0 Å². The average molecular weight is 546 g/mol. The van der Waals surface area contributed by atoms with Crippen LogP contribution in [0.4, 0.5) is 87.8 Å². The minimum Gasteiger partial charge on any atom is -0.479 e. The van der Waals surface area contributed by atoms with Gasteiger partial charge in [-0.1, -0.05) is 0 Å². The van der Waals surface area contributed by atoms with E-state index in [0.717, 1.165) is 0 Å². The summed E-state index contributed by atoms with van der Waals surface area (Å²) in [6.07, 6.45) is -13.7. The number of halogens is 20. The van der Waals surface area contributed by atoms with Crippen LogP contribution < -0.4 is 0 Å². The fourth-order valence-electron chi connectivity index (χ4n) is 1.69. The van der Waals surface area contributed by atoms with E-state index in [2.05, 4.69) is 0 Å². The minimum atomic E-state index is -9.14. The summed E-state index contributed by atoms with van der Waals surface area (Å²) in [4.78, 5) is 9.88. The molecule has 0 radical (unpaired) electrons. The Balaban J connectivity index is 6.99. The number of aliphatic carboxylic acids is 1. The summed E-state index contributed by atoms with van der Waals surface area (Å²) in [5.41, 5.74) is 0. The summed E-state index contributed by atoms with van der Waals surface area (Å²) in [6.45, 7) is 0. The van der Waals surface area contributed by atoms with E-state index < -0.39 is 65.7 Å². The molecule has 0 rings (SSSR count). The summed E-state index contributed by atoms with van der Waals surface area (Å²) >= 11 is 0. The van der Waals surface area contributed by atoms with Crippen molar-refractivity contribution in [1.29, 1.82) is 0 Å². The molecule has 1 unspecified atom stereocenters. The maximum atomic E-state index is 13.3. The molecule has 0 bridgehead atoms. The van der Waals surface area contributed by atoms with Gasteiger partial charge in [-0.05, 0) is 0 Å². The normalized spacial score (nSPS) is 17.2. The first kappa shape index (κ1) is 31.1. The predicted molar refractivity (Wildman–Crippen MR) is 58.2 cm³/mol. The third kappa shape index (κ3) is 3.70. The van der Waals surface area contributed by atoms with Crippen molar-refractivity contribution in [3.8, 4) is 0 Å². The summed E-state index contributed by atoms with van der Waals surface area (Å²) < 4.78 is 257. The molecular weight excluding hydrogens is 544 g/mol. The van der Waals surface area contributed by atoms with Gasteiger partial charge in [-0.25, -0.2) is 9.18 Å². The van der Waals surface area contributed by atoms with Gasteiger partial charge in [0.2, 0.25) is 0 Å². The number of hydrogen-bond acceptors (Lipinski definition) is 1. The molecule has 33 heavy (non-hydrogen) atoms. The van der Waals surface area contributed by atoms with Crippen molar-refractivity contribution in [2.24, 2.45) is 0 Å². The van der Waals surface area contributed by atoms with Crippen LogP contribution in [-0.2, 0) is 4.79 Å². The zero-order valence-corrected chi connectivity index (χ0v) is 14.0. The maximum absolute atomic E-state index is 13.3. The molecule has 0 aliphatic rings. The van der Waals surface area contributed by atoms with Gasteiger partial charge < -0.3 is 5.11 Å². The number of carboxylic acid groups (broad SMARTS) is 1. The van der Waals surface area contributed by atoms with Gasteiger partial charge in [0.1, 0.15) is 0 Å². The first-order chi connectivity index (χ1) is 13.9. The number of carboxylic acids is 1. The molecule has 1 N–H and O–H groups in total. The Morgan fingerprint density at radius 2 is 0.667 bits per heavy atom. The highest BCUT2D eigenvalue weighted by molar-refractivity contribution is 5.73. The minimum absolute atomic E-state index is 3.87. The molecule has 0 amide bonds. The second-order valence-corrected chi connectivity index (χ2v) is 5.84.